The maximum Gasteiger partial charge on any atom is 0.215 e. The average Bonchev–Trinajstić information content (AvgIpc) is 2.59. The molecule has 0 radical (unpaired) electrons. The maximum atomic E-state index is 12.3. The smallest absolute Gasteiger partial charge is 0.215 e. The average molecular weight is 362 g/mol. The van der Waals surface area contributed by atoms with E-state index in [1.54, 1.807) is 31.4 Å². The van der Waals surface area contributed by atoms with E-state index in [-0.39, 0.29) is 18.3 Å². The molecule has 1 atom stereocenters. The second-order valence-corrected chi connectivity index (χ2v) is 8.19. The highest BCUT2D eigenvalue weighted by atomic mass is 32.2. The van der Waals surface area contributed by atoms with Crippen molar-refractivity contribution in [1.29, 1.82) is 0 Å². The molecule has 2 aromatic carbocycles. The van der Waals surface area contributed by atoms with Crippen LogP contribution < -0.4 is 15.2 Å². The number of hydrogen-bond acceptors (Lipinski definition) is 4. The molecule has 0 aliphatic rings. The minimum Gasteiger partial charge on any atom is -0.497 e. The number of ether oxygens (including phenoxy) is 1. The van der Waals surface area contributed by atoms with E-state index in [9.17, 15) is 8.42 Å². The Morgan fingerprint density at radius 3 is 2.32 bits per heavy atom. The first-order chi connectivity index (χ1) is 11.8. The van der Waals surface area contributed by atoms with Crippen LogP contribution in [0.4, 0.5) is 0 Å². The van der Waals surface area contributed by atoms with Crippen LogP contribution in [0.5, 0.6) is 5.75 Å². The molecule has 2 aromatic rings. The summed E-state index contributed by atoms with van der Waals surface area (Å²) < 4.78 is 32.2. The van der Waals surface area contributed by atoms with Crippen LogP contribution >= 0.6 is 0 Å². The van der Waals surface area contributed by atoms with Crippen LogP contribution in [0.2, 0.25) is 0 Å². The largest absolute Gasteiger partial charge is 0.497 e. The van der Waals surface area contributed by atoms with E-state index in [4.69, 9.17) is 10.5 Å². The third-order valence-corrected chi connectivity index (χ3v) is 5.37. The van der Waals surface area contributed by atoms with Gasteiger partial charge in [-0.3, -0.25) is 0 Å². The lowest BCUT2D eigenvalue weighted by Gasteiger charge is -2.15. The number of rotatable bonds is 8. The SMILES string of the molecule is COc1cccc(CS(=O)(=O)NCC(N)c2ccc(C(C)C)cc2)c1. The molecule has 0 saturated heterocycles. The van der Waals surface area contributed by atoms with Gasteiger partial charge in [0, 0.05) is 12.6 Å². The maximum absolute atomic E-state index is 12.3. The molecule has 3 N–H and O–H groups in total. The van der Waals surface area contributed by atoms with E-state index in [0.717, 1.165) is 5.56 Å². The van der Waals surface area contributed by atoms with Crippen LogP contribution in [-0.4, -0.2) is 22.1 Å². The number of methoxy groups -OCH3 is 1. The molecule has 0 amide bonds. The van der Waals surface area contributed by atoms with Gasteiger partial charge in [0.2, 0.25) is 10.0 Å². The van der Waals surface area contributed by atoms with Crippen LogP contribution in [0.25, 0.3) is 0 Å². The molecule has 0 spiro atoms. The number of nitrogens with two attached hydrogens (primary N) is 1. The minimum absolute atomic E-state index is 0.108. The summed E-state index contributed by atoms with van der Waals surface area (Å²) in [5.41, 5.74) is 8.93. The van der Waals surface area contributed by atoms with E-state index >= 15 is 0 Å². The standard InChI is InChI=1S/C19H26N2O3S/c1-14(2)16-7-9-17(10-8-16)19(20)12-21-25(22,23)13-15-5-4-6-18(11-15)24-3/h4-11,14,19,21H,12-13,20H2,1-3H3. The molecular weight excluding hydrogens is 336 g/mol. The zero-order chi connectivity index (χ0) is 18.4. The van der Waals surface area contributed by atoms with Crippen molar-refractivity contribution >= 4 is 10.0 Å². The van der Waals surface area contributed by atoms with Gasteiger partial charge in [-0.25, -0.2) is 13.1 Å². The summed E-state index contributed by atoms with van der Waals surface area (Å²) in [5.74, 6) is 0.977. The lowest BCUT2D eigenvalue weighted by molar-refractivity contribution is 0.414. The highest BCUT2D eigenvalue weighted by Gasteiger charge is 2.15. The molecule has 0 aliphatic carbocycles. The van der Waals surface area contributed by atoms with Gasteiger partial charge in [0.05, 0.1) is 12.9 Å². The minimum atomic E-state index is -3.47. The van der Waals surface area contributed by atoms with Crippen LogP contribution in [0.3, 0.4) is 0 Å². The van der Waals surface area contributed by atoms with E-state index in [1.807, 2.05) is 24.3 Å². The zero-order valence-electron chi connectivity index (χ0n) is 14.9. The van der Waals surface area contributed by atoms with Crippen molar-refractivity contribution in [3.63, 3.8) is 0 Å². The highest BCUT2D eigenvalue weighted by molar-refractivity contribution is 7.88. The molecule has 0 bridgehead atoms. The van der Waals surface area contributed by atoms with Gasteiger partial charge in [0.25, 0.3) is 0 Å². The second kappa shape index (κ2) is 8.47. The molecule has 25 heavy (non-hydrogen) atoms. The molecule has 0 fully saturated rings. The topological polar surface area (TPSA) is 81.4 Å². The highest BCUT2D eigenvalue weighted by Crippen LogP contribution is 2.18. The molecule has 0 heterocycles. The van der Waals surface area contributed by atoms with Crippen LogP contribution in [-0.2, 0) is 15.8 Å². The Kier molecular flexibility index (Phi) is 6.58. The summed E-state index contributed by atoms with van der Waals surface area (Å²) in [6.07, 6.45) is 0. The van der Waals surface area contributed by atoms with Gasteiger partial charge in [-0.15, -0.1) is 0 Å². The fourth-order valence-electron chi connectivity index (χ4n) is 2.50. The van der Waals surface area contributed by atoms with Crippen molar-refractivity contribution in [1.82, 2.24) is 4.72 Å². The van der Waals surface area contributed by atoms with E-state index in [2.05, 4.69) is 18.6 Å². The van der Waals surface area contributed by atoms with Gasteiger partial charge >= 0.3 is 0 Å². The fourth-order valence-corrected chi connectivity index (χ4v) is 3.65. The Balaban J connectivity index is 1.96. The number of nitrogens with one attached hydrogen (secondary N) is 1. The molecule has 1 unspecified atom stereocenters. The summed E-state index contributed by atoms with van der Waals surface area (Å²) in [5, 5.41) is 0. The van der Waals surface area contributed by atoms with Crippen molar-refractivity contribution in [2.24, 2.45) is 5.73 Å². The van der Waals surface area contributed by atoms with Crippen LogP contribution in [0.1, 0.15) is 42.5 Å². The Morgan fingerprint density at radius 2 is 1.72 bits per heavy atom. The molecule has 5 nitrogen and oxygen atoms in total. The summed E-state index contributed by atoms with van der Waals surface area (Å²) in [7, 11) is -1.92. The first kappa shape index (κ1) is 19.4. The molecular formula is C19H26N2O3S. The van der Waals surface area contributed by atoms with Crippen molar-refractivity contribution in [3.05, 3.63) is 65.2 Å². The van der Waals surface area contributed by atoms with Crippen molar-refractivity contribution in [2.75, 3.05) is 13.7 Å². The summed E-state index contributed by atoms with van der Waals surface area (Å²) in [4.78, 5) is 0. The molecule has 136 valence electrons. The van der Waals surface area contributed by atoms with Gasteiger partial charge in [-0.1, -0.05) is 50.2 Å². The predicted molar refractivity (Wildman–Crippen MR) is 101 cm³/mol. The normalized spacial score (nSPS) is 13.0. The van der Waals surface area contributed by atoms with Gasteiger partial charge in [-0.05, 0) is 34.7 Å². The van der Waals surface area contributed by atoms with Crippen LogP contribution in [0.15, 0.2) is 48.5 Å². The van der Waals surface area contributed by atoms with Crippen molar-refractivity contribution < 1.29 is 13.2 Å². The number of benzene rings is 2. The van der Waals surface area contributed by atoms with Gasteiger partial charge in [0.1, 0.15) is 5.75 Å². The first-order valence-electron chi connectivity index (χ1n) is 8.26. The lowest BCUT2D eigenvalue weighted by atomic mass is 9.99. The quantitative estimate of drug-likeness (QED) is 0.756. The van der Waals surface area contributed by atoms with Crippen molar-refractivity contribution in [3.8, 4) is 5.75 Å². The van der Waals surface area contributed by atoms with Crippen LogP contribution in [0, 0.1) is 0 Å². The summed E-state index contributed by atoms with van der Waals surface area (Å²) in [6, 6.07) is 14.6. The van der Waals surface area contributed by atoms with Gasteiger partial charge < -0.3 is 10.5 Å². The second-order valence-electron chi connectivity index (χ2n) is 6.39. The summed E-state index contributed by atoms with van der Waals surface area (Å²) >= 11 is 0. The first-order valence-corrected chi connectivity index (χ1v) is 9.91. The lowest BCUT2D eigenvalue weighted by Crippen LogP contribution is -2.32. The Morgan fingerprint density at radius 1 is 1.08 bits per heavy atom. The summed E-state index contributed by atoms with van der Waals surface area (Å²) in [6.45, 7) is 4.41. The Labute approximate surface area is 150 Å². The van der Waals surface area contributed by atoms with E-state index < -0.39 is 10.0 Å². The monoisotopic (exact) mass is 362 g/mol. The zero-order valence-corrected chi connectivity index (χ0v) is 15.7. The van der Waals surface area contributed by atoms with E-state index in [1.165, 1.54) is 5.56 Å². The molecule has 0 aliphatic heterocycles. The predicted octanol–water partition coefficient (Wildman–Crippen LogP) is 2.94. The molecule has 0 aromatic heterocycles. The number of sulfonamides is 1. The van der Waals surface area contributed by atoms with E-state index in [0.29, 0.717) is 17.2 Å². The fraction of sp³-hybridized carbons (Fsp3) is 0.368. The van der Waals surface area contributed by atoms with Gasteiger partial charge in [-0.2, -0.15) is 0 Å². The molecule has 6 heteroatoms. The van der Waals surface area contributed by atoms with Crippen molar-refractivity contribution in [2.45, 2.75) is 31.6 Å². The van der Waals surface area contributed by atoms with Gasteiger partial charge in [0.15, 0.2) is 0 Å². The molecule has 2 rings (SSSR count). The Bertz CT molecular complexity index is 787. The Hall–Kier alpha value is -1.89. The third-order valence-electron chi connectivity index (χ3n) is 4.05. The molecule has 0 saturated carbocycles. The third kappa shape index (κ3) is 5.85. The number of hydrogen-bond donors (Lipinski definition) is 2.